The van der Waals surface area contributed by atoms with Crippen LogP contribution in [0.4, 0.5) is 32.0 Å². The van der Waals surface area contributed by atoms with Gasteiger partial charge in [0.1, 0.15) is 18.8 Å². The van der Waals surface area contributed by atoms with Crippen molar-refractivity contribution in [1.82, 2.24) is 3.89 Å². The minimum atomic E-state index is -5.00. The number of aliphatic hydroxyl groups is 1. The van der Waals surface area contributed by atoms with Gasteiger partial charge in [-0.2, -0.15) is 38.6 Å². The minimum absolute atomic E-state index is 0.00222. The van der Waals surface area contributed by atoms with Gasteiger partial charge < -0.3 is 10.8 Å². The van der Waals surface area contributed by atoms with Gasteiger partial charge in [-0.25, -0.2) is 0 Å². The number of sulfonamides is 1. The third-order valence-corrected chi connectivity index (χ3v) is 7.52. The molecule has 0 saturated heterocycles. The number of quaternary nitrogens is 1. The summed E-state index contributed by atoms with van der Waals surface area (Å²) in [6.45, 7) is -0.468. The highest BCUT2D eigenvalue weighted by Gasteiger charge is 2.50. The van der Waals surface area contributed by atoms with E-state index in [1.165, 1.54) is 48.6 Å². The summed E-state index contributed by atoms with van der Waals surface area (Å²) in [5.74, 6) is -2.09. The summed E-state index contributed by atoms with van der Waals surface area (Å²) in [5, 5.41) is 10.6. The minimum Gasteiger partial charge on any atom is -0.384 e. The molecule has 1 aliphatic rings. The molecule has 0 aliphatic carbocycles. The fourth-order valence-corrected chi connectivity index (χ4v) is 5.48. The molecular formula is C22H21F6N2O3S+. The lowest BCUT2D eigenvalue weighted by molar-refractivity contribution is -0.139. The van der Waals surface area contributed by atoms with Gasteiger partial charge in [-0.05, 0) is 23.3 Å². The maximum atomic E-state index is 13.3. The monoisotopic (exact) mass is 507 g/mol. The van der Waals surface area contributed by atoms with E-state index < -0.39 is 49.2 Å². The number of nitrogens with two attached hydrogens (primary N) is 1. The molecule has 0 aromatic heterocycles. The summed E-state index contributed by atoms with van der Waals surface area (Å²) in [6, 6.07) is 9.14. The van der Waals surface area contributed by atoms with Crippen molar-refractivity contribution in [1.29, 1.82) is 0 Å². The fourth-order valence-electron chi connectivity index (χ4n) is 3.78. The third kappa shape index (κ3) is 5.19. The largest absolute Gasteiger partial charge is 0.416 e. The molecule has 34 heavy (non-hydrogen) atoms. The van der Waals surface area contributed by atoms with Crippen molar-refractivity contribution >= 4 is 15.7 Å². The average Bonchev–Trinajstić information content (AvgIpc) is 2.76. The van der Waals surface area contributed by atoms with E-state index in [1.54, 1.807) is 0 Å². The highest BCUT2D eigenvalue weighted by Crippen LogP contribution is 2.39. The summed E-state index contributed by atoms with van der Waals surface area (Å²) >= 11 is 0. The van der Waals surface area contributed by atoms with E-state index in [4.69, 9.17) is 5.73 Å². The molecule has 0 radical (unpaired) electrons. The number of aliphatic hydroxyl groups excluding tert-OH is 1. The van der Waals surface area contributed by atoms with Gasteiger partial charge in [0, 0.05) is 24.3 Å². The molecular weight excluding hydrogens is 486 g/mol. The van der Waals surface area contributed by atoms with Gasteiger partial charge in [-0.1, -0.05) is 36.4 Å². The Morgan fingerprint density at radius 2 is 1.62 bits per heavy atom. The number of halogens is 6. The number of hydrogen-bond donors (Lipinski definition) is 2. The van der Waals surface area contributed by atoms with Crippen molar-refractivity contribution in [2.75, 3.05) is 18.8 Å². The van der Waals surface area contributed by atoms with Crippen molar-refractivity contribution in [3.05, 3.63) is 89.1 Å². The first-order valence-electron chi connectivity index (χ1n) is 9.91. The first-order valence-corrected chi connectivity index (χ1v) is 11.5. The van der Waals surface area contributed by atoms with Crippen LogP contribution in [0.5, 0.6) is 0 Å². The van der Waals surface area contributed by atoms with Gasteiger partial charge in [0.05, 0.1) is 5.56 Å². The first kappa shape index (κ1) is 25.9. The predicted octanol–water partition coefficient (Wildman–Crippen LogP) is 4.40. The standard InChI is InChI=1S/C22H21F6N2O3S/c23-21(24,25)14-34(32,33)30(11-3-4-15(12-29)13-30)17-9-7-16(8-10-17)20(31)18-5-1-2-6-19(18)22(26,27)28/h1-10,13,20,31H,11-12,14,29H2/q+1. The maximum absolute atomic E-state index is 13.3. The SMILES string of the molecule is NCC1=C[N+](c2ccc(C(O)c3ccccc3C(F)(F)F)cc2)(S(=O)(=O)CC(F)(F)F)CC=C1. The Balaban J connectivity index is 2.07. The highest BCUT2D eigenvalue weighted by molar-refractivity contribution is 7.91. The molecule has 0 saturated carbocycles. The van der Waals surface area contributed by atoms with Crippen molar-refractivity contribution in [2.45, 2.75) is 18.5 Å². The third-order valence-electron chi connectivity index (χ3n) is 5.37. The van der Waals surface area contributed by atoms with E-state index in [-0.39, 0.29) is 24.3 Å². The van der Waals surface area contributed by atoms with Gasteiger partial charge in [0.2, 0.25) is 0 Å². The van der Waals surface area contributed by atoms with E-state index in [2.05, 4.69) is 0 Å². The molecule has 0 fully saturated rings. The number of rotatable bonds is 6. The highest BCUT2D eigenvalue weighted by atomic mass is 32.2. The van der Waals surface area contributed by atoms with Crippen molar-refractivity contribution in [3.8, 4) is 0 Å². The number of nitrogens with zero attached hydrogens (tertiary/aromatic N) is 1. The van der Waals surface area contributed by atoms with E-state index in [0.29, 0.717) is 5.57 Å². The molecule has 2 unspecified atom stereocenters. The molecule has 3 N–H and O–H groups in total. The second-order valence-electron chi connectivity index (χ2n) is 7.71. The van der Waals surface area contributed by atoms with Crippen LogP contribution in [-0.2, 0) is 16.2 Å². The summed E-state index contributed by atoms with van der Waals surface area (Å²) in [4.78, 5) is 0. The van der Waals surface area contributed by atoms with Crippen LogP contribution in [0.2, 0.25) is 0 Å². The topological polar surface area (TPSA) is 80.4 Å². The van der Waals surface area contributed by atoms with Gasteiger partial charge >= 0.3 is 22.4 Å². The summed E-state index contributed by atoms with van der Waals surface area (Å²) in [7, 11) is -4.89. The fraction of sp³-hybridized carbons (Fsp3) is 0.273. The van der Waals surface area contributed by atoms with E-state index >= 15 is 0 Å². The Labute approximate surface area is 192 Å². The second kappa shape index (κ2) is 9.17. The second-order valence-corrected chi connectivity index (χ2v) is 9.81. The summed E-state index contributed by atoms with van der Waals surface area (Å²) in [5.41, 5.74) is 4.33. The van der Waals surface area contributed by atoms with Crippen LogP contribution in [0.3, 0.4) is 0 Å². The van der Waals surface area contributed by atoms with E-state index in [9.17, 15) is 39.9 Å². The lowest BCUT2D eigenvalue weighted by Gasteiger charge is -2.34. The summed E-state index contributed by atoms with van der Waals surface area (Å²) in [6.07, 6.45) is -7.42. The molecule has 184 valence electrons. The Hall–Kier alpha value is -2.67. The molecule has 1 aliphatic heterocycles. The van der Waals surface area contributed by atoms with Crippen LogP contribution >= 0.6 is 0 Å². The van der Waals surface area contributed by atoms with Crippen LogP contribution in [0.1, 0.15) is 22.8 Å². The predicted molar refractivity (Wildman–Crippen MR) is 115 cm³/mol. The lowest BCUT2D eigenvalue weighted by Crippen LogP contribution is -2.54. The van der Waals surface area contributed by atoms with E-state index in [0.717, 1.165) is 18.3 Å². The Kier molecular flexibility index (Phi) is 7.00. The van der Waals surface area contributed by atoms with Crippen molar-refractivity contribution < 1.29 is 39.9 Å². The van der Waals surface area contributed by atoms with Crippen molar-refractivity contribution in [3.63, 3.8) is 0 Å². The van der Waals surface area contributed by atoms with Crippen LogP contribution in [0.15, 0.2) is 72.5 Å². The van der Waals surface area contributed by atoms with Gasteiger partial charge in [-0.15, -0.1) is 0 Å². The van der Waals surface area contributed by atoms with Gasteiger partial charge in [0.15, 0.2) is 11.4 Å². The lowest BCUT2D eigenvalue weighted by atomic mass is 9.96. The summed E-state index contributed by atoms with van der Waals surface area (Å²) < 4.78 is 104. The normalized spacial score (nSPS) is 20.2. The average molecular weight is 507 g/mol. The Bertz CT molecular complexity index is 1200. The van der Waals surface area contributed by atoms with Crippen LogP contribution in [0.25, 0.3) is 0 Å². The molecule has 0 bridgehead atoms. The molecule has 1 heterocycles. The molecule has 3 rings (SSSR count). The molecule has 2 aromatic carbocycles. The molecule has 12 heteroatoms. The van der Waals surface area contributed by atoms with Gasteiger partial charge in [-0.3, -0.25) is 0 Å². The zero-order chi connectivity index (χ0) is 25.4. The number of alkyl halides is 6. The van der Waals surface area contributed by atoms with Crippen LogP contribution in [0, 0.1) is 0 Å². The molecule has 5 nitrogen and oxygen atoms in total. The maximum Gasteiger partial charge on any atom is 0.416 e. The molecule has 0 spiro atoms. The Morgan fingerprint density at radius 3 is 2.18 bits per heavy atom. The molecule has 0 amide bonds. The zero-order valence-electron chi connectivity index (χ0n) is 17.5. The van der Waals surface area contributed by atoms with Crippen molar-refractivity contribution in [2.24, 2.45) is 5.73 Å². The molecule has 2 aromatic rings. The molecule has 2 atom stereocenters. The number of hydrogen-bond acceptors (Lipinski definition) is 4. The van der Waals surface area contributed by atoms with E-state index in [1.807, 2.05) is 0 Å². The van der Waals surface area contributed by atoms with Crippen LogP contribution in [-0.4, -0.2) is 38.5 Å². The van der Waals surface area contributed by atoms with Crippen LogP contribution < -0.4 is 9.62 Å². The quantitative estimate of drug-likeness (QED) is 0.449. The Morgan fingerprint density at radius 1 is 1.00 bits per heavy atom. The number of benzene rings is 2. The first-order chi connectivity index (χ1) is 15.7. The zero-order valence-corrected chi connectivity index (χ0v) is 18.3. The smallest absolute Gasteiger partial charge is 0.384 e. The van der Waals surface area contributed by atoms with Gasteiger partial charge in [0.25, 0.3) is 0 Å².